The third-order valence-corrected chi connectivity index (χ3v) is 2.74. The quantitative estimate of drug-likeness (QED) is 0.695. The summed E-state index contributed by atoms with van der Waals surface area (Å²) in [6.45, 7) is 2.73. The number of phenolic OH excluding ortho intramolecular Hbond substituents is 1. The molecule has 0 heterocycles. The van der Waals surface area contributed by atoms with Crippen molar-refractivity contribution >= 4 is 5.78 Å². The van der Waals surface area contributed by atoms with Crippen molar-refractivity contribution in [3.8, 4) is 11.5 Å². The predicted octanol–water partition coefficient (Wildman–Crippen LogP) is 1.30. The molecular weight excluding hydrogens is 248 g/mol. The average Bonchev–Trinajstić information content (AvgIpc) is 2.41. The topological polar surface area (TPSA) is 76.0 Å². The van der Waals surface area contributed by atoms with E-state index in [4.69, 9.17) is 9.47 Å². The number of aromatic hydroxyl groups is 1. The molecule has 1 aromatic rings. The molecule has 0 aliphatic carbocycles. The summed E-state index contributed by atoms with van der Waals surface area (Å²) in [5, 5.41) is 19.2. The summed E-state index contributed by atoms with van der Waals surface area (Å²) in [5.74, 6) is 0.107. The Bertz CT molecular complexity index is 416. The molecule has 0 saturated carbocycles. The van der Waals surface area contributed by atoms with Gasteiger partial charge < -0.3 is 19.7 Å². The van der Waals surface area contributed by atoms with Crippen molar-refractivity contribution in [1.82, 2.24) is 0 Å². The first-order chi connectivity index (χ1) is 9.08. The number of aliphatic hydroxyl groups excluding tert-OH is 1. The number of ketones is 1. The SMILES string of the molecule is CCOCCC(=O)C(O)Cc1ccc(O)c(OC)c1. The van der Waals surface area contributed by atoms with E-state index in [1.165, 1.54) is 13.2 Å². The Kier molecular flexibility index (Phi) is 6.32. The molecule has 1 rings (SSSR count). The highest BCUT2D eigenvalue weighted by Gasteiger charge is 2.16. The van der Waals surface area contributed by atoms with Crippen LogP contribution >= 0.6 is 0 Å². The molecule has 0 spiro atoms. The maximum Gasteiger partial charge on any atom is 0.163 e. The summed E-state index contributed by atoms with van der Waals surface area (Å²) in [5.41, 5.74) is 0.729. The van der Waals surface area contributed by atoms with E-state index in [1.807, 2.05) is 6.92 Å². The highest BCUT2D eigenvalue weighted by Crippen LogP contribution is 2.26. The molecule has 2 N–H and O–H groups in total. The largest absolute Gasteiger partial charge is 0.504 e. The fourth-order valence-electron chi connectivity index (χ4n) is 1.67. The summed E-state index contributed by atoms with van der Waals surface area (Å²) < 4.78 is 10.0. The Balaban J connectivity index is 2.56. The van der Waals surface area contributed by atoms with E-state index in [0.717, 1.165) is 5.56 Å². The van der Waals surface area contributed by atoms with E-state index >= 15 is 0 Å². The Hall–Kier alpha value is -1.59. The average molecular weight is 268 g/mol. The fourth-order valence-corrected chi connectivity index (χ4v) is 1.67. The van der Waals surface area contributed by atoms with Gasteiger partial charge in [0.05, 0.1) is 13.7 Å². The zero-order valence-corrected chi connectivity index (χ0v) is 11.3. The van der Waals surface area contributed by atoms with Gasteiger partial charge in [-0.05, 0) is 24.6 Å². The maximum absolute atomic E-state index is 11.6. The lowest BCUT2D eigenvalue weighted by molar-refractivity contribution is -0.128. The van der Waals surface area contributed by atoms with Gasteiger partial charge in [0.1, 0.15) is 6.10 Å². The molecule has 0 bridgehead atoms. The van der Waals surface area contributed by atoms with Gasteiger partial charge in [-0.15, -0.1) is 0 Å². The number of methoxy groups -OCH3 is 1. The molecule has 1 aromatic carbocycles. The third-order valence-electron chi connectivity index (χ3n) is 2.74. The van der Waals surface area contributed by atoms with Crippen molar-refractivity contribution in [3.63, 3.8) is 0 Å². The molecule has 0 aliphatic heterocycles. The van der Waals surface area contributed by atoms with Crippen LogP contribution in [0.4, 0.5) is 0 Å². The van der Waals surface area contributed by atoms with E-state index in [9.17, 15) is 15.0 Å². The maximum atomic E-state index is 11.6. The number of ether oxygens (including phenoxy) is 2. The van der Waals surface area contributed by atoms with Crippen molar-refractivity contribution in [1.29, 1.82) is 0 Å². The first kappa shape index (κ1) is 15.5. The van der Waals surface area contributed by atoms with Gasteiger partial charge in [0.15, 0.2) is 17.3 Å². The number of hydrogen-bond acceptors (Lipinski definition) is 5. The predicted molar refractivity (Wildman–Crippen MR) is 70.5 cm³/mol. The summed E-state index contributed by atoms with van der Waals surface area (Å²) in [6.07, 6.45) is -0.666. The Morgan fingerprint density at radius 1 is 1.42 bits per heavy atom. The highest BCUT2D eigenvalue weighted by atomic mass is 16.5. The van der Waals surface area contributed by atoms with Crippen LogP contribution in [0.2, 0.25) is 0 Å². The molecular formula is C14H20O5. The molecule has 1 unspecified atom stereocenters. The highest BCUT2D eigenvalue weighted by molar-refractivity contribution is 5.83. The zero-order valence-electron chi connectivity index (χ0n) is 11.3. The van der Waals surface area contributed by atoms with Gasteiger partial charge in [-0.1, -0.05) is 6.07 Å². The molecule has 0 amide bonds. The summed E-state index contributed by atoms with van der Waals surface area (Å²) >= 11 is 0. The summed E-state index contributed by atoms with van der Waals surface area (Å²) in [4.78, 5) is 11.6. The number of aliphatic hydroxyl groups is 1. The van der Waals surface area contributed by atoms with Crippen LogP contribution < -0.4 is 4.74 Å². The second kappa shape index (κ2) is 7.76. The van der Waals surface area contributed by atoms with Crippen LogP contribution in [0.3, 0.4) is 0 Å². The van der Waals surface area contributed by atoms with Crippen LogP contribution in [-0.4, -0.2) is 42.4 Å². The second-order valence-corrected chi connectivity index (χ2v) is 4.14. The van der Waals surface area contributed by atoms with Crippen LogP contribution in [0.25, 0.3) is 0 Å². The monoisotopic (exact) mass is 268 g/mol. The minimum atomic E-state index is -1.06. The molecule has 1 atom stereocenters. The van der Waals surface area contributed by atoms with Crippen LogP contribution in [0.5, 0.6) is 11.5 Å². The van der Waals surface area contributed by atoms with Crippen LogP contribution in [-0.2, 0) is 16.0 Å². The van der Waals surface area contributed by atoms with Crippen molar-refractivity contribution < 1.29 is 24.5 Å². The smallest absolute Gasteiger partial charge is 0.163 e. The third kappa shape index (κ3) is 4.89. The first-order valence-corrected chi connectivity index (χ1v) is 6.22. The number of rotatable bonds is 8. The van der Waals surface area contributed by atoms with Crippen molar-refractivity contribution in [2.45, 2.75) is 25.9 Å². The van der Waals surface area contributed by atoms with Gasteiger partial charge in [-0.25, -0.2) is 0 Å². The van der Waals surface area contributed by atoms with Gasteiger partial charge in [0.25, 0.3) is 0 Å². The lowest BCUT2D eigenvalue weighted by Gasteiger charge is -2.11. The van der Waals surface area contributed by atoms with E-state index in [0.29, 0.717) is 19.0 Å². The Morgan fingerprint density at radius 2 is 2.16 bits per heavy atom. The van der Waals surface area contributed by atoms with E-state index in [-0.39, 0.29) is 24.4 Å². The number of benzene rings is 1. The molecule has 0 saturated heterocycles. The van der Waals surface area contributed by atoms with E-state index in [1.54, 1.807) is 12.1 Å². The molecule has 0 radical (unpaired) electrons. The van der Waals surface area contributed by atoms with E-state index < -0.39 is 6.10 Å². The standard InChI is InChI=1S/C14H20O5/c1-3-19-7-6-11(15)13(17)8-10-4-5-12(16)14(9-10)18-2/h4-5,9,13,16-17H,3,6-8H2,1-2H3. The second-order valence-electron chi connectivity index (χ2n) is 4.14. The van der Waals surface area contributed by atoms with Gasteiger partial charge >= 0.3 is 0 Å². The Morgan fingerprint density at radius 3 is 2.79 bits per heavy atom. The van der Waals surface area contributed by atoms with Crippen LogP contribution in [0.15, 0.2) is 18.2 Å². The number of carbonyl (C=O) groups excluding carboxylic acids is 1. The summed E-state index contributed by atoms with van der Waals surface area (Å²) in [7, 11) is 1.45. The number of carbonyl (C=O) groups is 1. The number of Topliss-reactive ketones (excluding diaryl/α,β-unsaturated/α-hetero) is 1. The molecule has 19 heavy (non-hydrogen) atoms. The van der Waals surface area contributed by atoms with Crippen LogP contribution in [0.1, 0.15) is 18.9 Å². The van der Waals surface area contributed by atoms with Crippen molar-refractivity contribution in [2.24, 2.45) is 0 Å². The molecule has 5 heteroatoms. The van der Waals surface area contributed by atoms with Gasteiger partial charge in [-0.2, -0.15) is 0 Å². The molecule has 5 nitrogen and oxygen atoms in total. The number of hydrogen-bond donors (Lipinski definition) is 2. The first-order valence-electron chi connectivity index (χ1n) is 6.22. The molecule has 106 valence electrons. The number of phenols is 1. The van der Waals surface area contributed by atoms with Gasteiger partial charge in [0.2, 0.25) is 0 Å². The van der Waals surface area contributed by atoms with Gasteiger partial charge in [0, 0.05) is 19.4 Å². The Labute approximate surface area is 112 Å². The molecule has 0 fully saturated rings. The zero-order chi connectivity index (χ0) is 14.3. The minimum absolute atomic E-state index is 0.0309. The normalized spacial score (nSPS) is 12.2. The lowest BCUT2D eigenvalue weighted by atomic mass is 10.0. The molecule has 0 aromatic heterocycles. The minimum Gasteiger partial charge on any atom is -0.504 e. The van der Waals surface area contributed by atoms with Crippen molar-refractivity contribution in [3.05, 3.63) is 23.8 Å². The summed E-state index contributed by atoms with van der Waals surface area (Å²) in [6, 6.07) is 4.73. The van der Waals surface area contributed by atoms with E-state index in [2.05, 4.69) is 0 Å². The van der Waals surface area contributed by atoms with Crippen LogP contribution in [0, 0.1) is 0 Å². The lowest BCUT2D eigenvalue weighted by Crippen LogP contribution is -2.24. The van der Waals surface area contributed by atoms with Gasteiger partial charge in [-0.3, -0.25) is 4.79 Å². The van der Waals surface area contributed by atoms with Crippen molar-refractivity contribution in [2.75, 3.05) is 20.3 Å². The molecule has 0 aliphatic rings. The fraction of sp³-hybridized carbons (Fsp3) is 0.500.